The Kier molecular flexibility index (Phi) is 6.24. The maximum Gasteiger partial charge on any atom is 0.320 e. The SMILES string of the molecule is CC(C)(C)OC(=O)CN1Cc2ccc(C=NNc3ncnc4sc(C(C)(C)C)cc34)cc2C1. The number of esters is 1. The molecule has 8 heteroatoms. The van der Waals surface area contributed by atoms with E-state index < -0.39 is 5.60 Å². The van der Waals surface area contributed by atoms with Gasteiger partial charge in [-0.3, -0.25) is 15.1 Å². The Morgan fingerprint density at radius 1 is 1.15 bits per heavy atom. The van der Waals surface area contributed by atoms with Gasteiger partial charge < -0.3 is 4.74 Å². The number of nitrogens with one attached hydrogen (secondary N) is 1. The Bertz CT molecular complexity index is 1200. The lowest BCUT2D eigenvalue weighted by Gasteiger charge is -2.22. The molecule has 0 unspecified atom stereocenters. The Morgan fingerprint density at radius 2 is 1.91 bits per heavy atom. The van der Waals surface area contributed by atoms with Crippen LogP contribution in [0.5, 0.6) is 0 Å². The van der Waals surface area contributed by atoms with E-state index in [1.807, 2.05) is 26.8 Å². The van der Waals surface area contributed by atoms with Crippen LogP contribution in [0.4, 0.5) is 5.82 Å². The van der Waals surface area contributed by atoms with Crippen molar-refractivity contribution in [1.29, 1.82) is 0 Å². The van der Waals surface area contributed by atoms with Gasteiger partial charge in [-0.15, -0.1) is 11.3 Å². The van der Waals surface area contributed by atoms with Crippen LogP contribution in [0.15, 0.2) is 35.7 Å². The van der Waals surface area contributed by atoms with Crippen LogP contribution in [0, 0.1) is 0 Å². The molecule has 0 amide bonds. The van der Waals surface area contributed by atoms with E-state index in [1.54, 1.807) is 23.9 Å². The maximum atomic E-state index is 12.2. The van der Waals surface area contributed by atoms with E-state index in [-0.39, 0.29) is 17.9 Å². The molecule has 0 fully saturated rings. The van der Waals surface area contributed by atoms with E-state index in [1.165, 1.54) is 16.0 Å². The number of hydrazone groups is 1. The van der Waals surface area contributed by atoms with Gasteiger partial charge in [0.05, 0.1) is 18.1 Å². The molecule has 174 valence electrons. The molecule has 0 atom stereocenters. The number of thiophene rings is 1. The molecule has 0 radical (unpaired) electrons. The summed E-state index contributed by atoms with van der Waals surface area (Å²) in [5.74, 6) is 0.508. The molecule has 1 aromatic carbocycles. The highest BCUT2D eigenvalue weighted by Crippen LogP contribution is 2.35. The molecule has 2 aromatic heterocycles. The van der Waals surface area contributed by atoms with Gasteiger partial charge in [0.1, 0.15) is 16.8 Å². The smallest absolute Gasteiger partial charge is 0.320 e. The molecule has 0 saturated carbocycles. The van der Waals surface area contributed by atoms with Crippen molar-refractivity contribution in [3.8, 4) is 0 Å². The van der Waals surface area contributed by atoms with Crippen LogP contribution in [0.3, 0.4) is 0 Å². The van der Waals surface area contributed by atoms with Gasteiger partial charge in [0.25, 0.3) is 0 Å². The van der Waals surface area contributed by atoms with Gasteiger partial charge in [-0.2, -0.15) is 5.10 Å². The highest BCUT2D eigenvalue weighted by atomic mass is 32.1. The Labute approximate surface area is 198 Å². The molecule has 1 N–H and O–H groups in total. The molecule has 3 heterocycles. The molecule has 1 aliphatic rings. The standard InChI is InChI=1S/C25H31N5O2S/c1-24(2,3)20-10-19-22(26-15-27-23(19)33-20)29-28-11-16-7-8-17-12-30(13-18(17)9-16)14-21(31)32-25(4,5)6/h7-11,15H,12-14H2,1-6H3,(H,26,27,29). The number of anilines is 1. The second-order valence-electron chi connectivity index (χ2n) is 10.4. The number of nitrogens with zero attached hydrogens (tertiary/aromatic N) is 4. The number of hydrogen-bond donors (Lipinski definition) is 1. The number of benzene rings is 1. The van der Waals surface area contributed by atoms with Crippen LogP contribution in [0.2, 0.25) is 0 Å². The largest absolute Gasteiger partial charge is 0.459 e. The zero-order valence-electron chi connectivity index (χ0n) is 20.1. The van der Waals surface area contributed by atoms with Gasteiger partial charge in [0.15, 0.2) is 5.82 Å². The van der Waals surface area contributed by atoms with E-state index in [2.05, 4.69) is 64.4 Å². The predicted molar refractivity (Wildman–Crippen MR) is 134 cm³/mol. The first-order valence-corrected chi connectivity index (χ1v) is 11.9. The lowest BCUT2D eigenvalue weighted by atomic mass is 9.94. The van der Waals surface area contributed by atoms with Crippen molar-refractivity contribution in [1.82, 2.24) is 14.9 Å². The Morgan fingerprint density at radius 3 is 2.64 bits per heavy atom. The van der Waals surface area contributed by atoms with Crippen molar-refractivity contribution >= 4 is 39.6 Å². The number of hydrogen-bond acceptors (Lipinski definition) is 8. The fraction of sp³-hybridized carbons (Fsp3) is 0.440. The van der Waals surface area contributed by atoms with Crippen LogP contribution >= 0.6 is 11.3 Å². The highest BCUT2D eigenvalue weighted by Gasteiger charge is 2.24. The second kappa shape index (κ2) is 8.83. The summed E-state index contributed by atoms with van der Waals surface area (Å²) in [6.45, 7) is 14.0. The van der Waals surface area contributed by atoms with Gasteiger partial charge in [0, 0.05) is 18.0 Å². The average molecular weight is 466 g/mol. The third-order valence-corrected chi connectivity index (χ3v) is 6.71. The summed E-state index contributed by atoms with van der Waals surface area (Å²) in [6.07, 6.45) is 3.36. The zero-order chi connectivity index (χ0) is 23.8. The zero-order valence-corrected chi connectivity index (χ0v) is 20.9. The molecule has 0 saturated heterocycles. The average Bonchev–Trinajstić information content (AvgIpc) is 3.29. The van der Waals surface area contributed by atoms with E-state index in [0.29, 0.717) is 5.82 Å². The van der Waals surface area contributed by atoms with Crippen LogP contribution < -0.4 is 5.43 Å². The molecule has 33 heavy (non-hydrogen) atoms. The summed E-state index contributed by atoms with van der Waals surface area (Å²) < 4.78 is 5.45. The highest BCUT2D eigenvalue weighted by molar-refractivity contribution is 7.18. The van der Waals surface area contributed by atoms with Crippen LogP contribution in [0.25, 0.3) is 10.2 Å². The van der Waals surface area contributed by atoms with Crippen molar-refractivity contribution in [2.24, 2.45) is 5.10 Å². The third-order valence-electron chi connectivity index (χ3n) is 5.24. The van der Waals surface area contributed by atoms with E-state index in [9.17, 15) is 4.79 Å². The molecule has 7 nitrogen and oxygen atoms in total. The molecule has 0 aliphatic carbocycles. The van der Waals surface area contributed by atoms with E-state index in [4.69, 9.17) is 4.74 Å². The summed E-state index contributed by atoms with van der Waals surface area (Å²) in [4.78, 5) is 25.2. The van der Waals surface area contributed by atoms with Crippen LogP contribution in [0.1, 0.15) is 63.1 Å². The Hall–Kier alpha value is -2.84. The number of carbonyl (C=O) groups is 1. The van der Waals surface area contributed by atoms with Crippen molar-refractivity contribution in [2.45, 2.75) is 65.6 Å². The summed E-state index contributed by atoms with van der Waals surface area (Å²) in [6, 6.07) is 8.40. The fourth-order valence-electron chi connectivity index (χ4n) is 3.72. The first-order valence-electron chi connectivity index (χ1n) is 11.1. The van der Waals surface area contributed by atoms with E-state index >= 15 is 0 Å². The first kappa shape index (κ1) is 23.3. The Balaban J connectivity index is 1.41. The van der Waals surface area contributed by atoms with Crippen LogP contribution in [-0.2, 0) is 28.0 Å². The summed E-state index contributed by atoms with van der Waals surface area (Å²) in [5.41, 5.74) is 6.11. The second-order valence-corrected chi connectivity index (χ2v) is 11.5. The minimum Gasteiger partial charge on any atom is -0.459 e. The quantitative estimate of drug-likeness (QED) is 0.321. The molecule has 0 bridgehead atoms. The van der Waals surface area contributed by atoms with Gasteiger partial charge in [0.2, 0.25) is 0 Å². The molecular weight excluding hydrogens is 434 g/mol. The summed E-state index contributed by atoms with van der Waals surface area (Å²) in [7, 11) is 0. The van der Waals surface area contributed by atoms with Crippen molar-refractivity contribution < 1.29 is 9.53 Å². The van der Waals surface area contributed by atoms with Gasteiger partial charge in [-0.25, -0.2) is 9.97 Å². The summed E-state index contributed by atoms with van der Waals surface area (Å²) in [5, 5.41) is 5.40. The number of rotatable bonds is 5. The summed E-state index contributed by atoms with van der Waals surface area (Å²) >= 11 is 1.69. The minimum absolute atomic E-state index is 0.0632. The number of aromatic nitrogens is 2. The molecule has 3 aromatic rings. The lowest BCUT2D eigenvalue weighted by Crippen LogP contribution is -2.32. The van der Waals surface area contributed by atoms with Crippen LogP contribution in [-0.4, -0.2) is 39.2 Å². The molecular formula is C25H31N5O2S. The number of ether oxygens (including phenoxy) is 1. The van der Waals surface area contributed by atoms with Gasteiger partial charge in [-0.1, -0.05) is 32.9 Å². The van der Waals surface area contributed by atoms with Gasteiger partial charge in [-0.05, 0) is 55.0 Å². The normalized spacial score (nSPS) is 14.7. The number of fused-ring (bicyclic) bond motifs is 2. The topological polar surface area (TPSA) is 79.7 Å². The maximum absolute atomic E-state index is 12.2. The minimum atomic E-state index is -0.465. The van der Waals surface area contributed by atoms with Crippen molar-refractivity contribution in [3.05, 3.63) is 52.2 Å². The molecule has 1 aliphatic heterocycles. The van der Waals surface area contributed by atoms with E-state index in [0.717, 1.165) is 28.9 Å². The van der Waals surface area contributed by atoms with Crippen molar-refractivity contribution in [2.75, 3.05) is 12.0 Å². The molecule has 0 spiro atoms. The lowest BCUT2D eigenvalue weighted by molar-refractivity contribution is -0.156. The first-order chi connectivity index (χ1) is 15.5. The third kappa shape index (κ3) is 5.75. The van der Waals surface area contributed by atoms with Gasteiger partial charge >= 0.3 is 5.97 Å². The monoisotopic (exact) mass is 465 g/mol. The fourth-order valence-corrected chi connectivity index (χ4v) is 4.77. The number of carbonyl (C=O) groups excluding carboxylic acids is 1. The predicted octanol–water partition coefficient (Wildman–Crippen LogP) is 5.09. The van der Waals surface area contributed by atoms with Crippen molar-refractivity contribution in [3.63, 3.8) is 0 Å². The molecule has 4 rings (SSSR count).